The number of amides is 2. The SMILES string of the molecule is C/C=C(\C)OC1CCC(NC(=O)NC2CCCCCCCCCCC2)CC1. The van der Waals surface area contributed by atoms with Crippen molar-refractivity contribution in [3.63, 3.8) is 0 Å². The van der Waals surface area contributed by atoms with Gasteiger partial charge in [-0.05, 0) is 58.4 Å². The fraction of sp³-hybridized carbons (Fsp3) is 0.870. The molecule has 156 valence electrons. The molecule has 0 radical (unpaired) electrons. The Kier molecular flexibility index (Phi) is 10.7. The van der Waals surface area contributed by atoms with Gasteiger partial charge in [0.25, 0.3) is 0 Å². The molecule has 0 saturated heterocycles. The van der Waals surface area contributed by atoms with Gasteiger partial charge in [-0.25, -0.2) is 4.79 Å². The Morgan fingerprint density at radius 3 is 1.67 bits per heavy atom. The lowest BCUT2D eigenvalue weighted by molar-refractivity contribution is 0.0751. The zero-order chi connectivity index (χ0) is 19.3. The first kappa shape index (κ1) is 22.1. The van der Waals surface area contributed by atoms with E-state index < -0.39 is 0 Å². The Morgan fingerprint density at radius 2 is 1.19 bits per heavy atom. The van der Waals surface area contributed by atoms with Crippen molar-refractivity contribution in [1.29, 1.82) is 0 Å². The van der Waals surface area contributed by atoms with E-state index in [2.05, 4.69) is 10.6 Å². The summed E-state index contributed by atoms with van der Waals surface area (Å²) in [5, 5.41) is 6.50. The highest BCUT2D eigenvalue weighted by molar-refractivity contribution is 5.74. The second kappa shape index (κ2) is 13.1. The first-order valence-corrected chi connectivity index (χ1v) is 11.5. The van der Waals surface area contributed by atoms with Crippen LogP contribution in [0, 0.1) is 0 Å². The largest absolute Gasteiger partial charge is 0.495 e. The molecule has 0 unspecified atom stereocenters. The molecular formula is C23H42N2O2. The van der Waals surface area contributed by atoms with Crippen LogP contribution in [0.15, 0.2) is 11.8 Å². The number of rotatable bonds is 4. The first-order valence-electron chi connectivity index (χ1n) is 11.5. The predicted molar refractivity (Wildman–Crippen MR) is 113 cm³/mol. The molecule has 0 aromatic heterocycles. The molecule has 2 aliphatic rings. The fourth-order valence-corrected chi connectivity index (χ4v) is 4.38. The van der Waals surface area contributed by atoms with E-state index in [-0.39, 0.29) is 6.03 Å². The van der Waals surface area contributed by atoms with Crippen molar-refractivity contribution in [1.82, 2.24) is 10.6 Å². The van der Waals surface area contributed by atoms with Crippen LogP contribution < -0.4 is 10.6 Å². The van der Waals surface area contributed by atoms with Crippen LogP contribution in [-0.4, -0.2) is 24.2 Å². The minimum absolute atomic E-state index is 0.0427. The monoisotopic (exact) mass is 378 g/mol. The van der Waals surface area contributed by atoms with Crippen molar-refractivity contribution in [3.05, 3.63) is 11.8 Å². The van der Waals surface area contributed by atoms with Crippen molar-refractivity contribution in [3.8, 4) is 0 Å². The van der Waals surface area contributed by atoms with Crippen LogP contribution in [0.2, 0.25) is 0 Å². The Labute approximate surface area is 166 Å². The van der Waals surface area contributed by atoms with E-state index in [0.717, 1.165) is 44.3 Å². The third-order valence-electron chi connectivity index (χ3n) is 6.21. The van der Waals surface area contributed by atoms with Gasteiger partial charge in [0.2, 0.25) is 0 Å². The lowest BCUT2D eigenvalue weighted by Crippen LogP contribution is -2.47. The molecule has 0 bridgehead atoms. The number of carbonyl (C=O) groups excluding carboxylic acids is 1. The molecule has 2 rings (SSSR count). The maximum absolute atomic E-state index is 12.5. The van der Waals surface area contributed by atoms with Crippen LogP contribution in [-0.2, 0) is 4.74 Å². The van der Waals surface area contributed by atoms with Crippen LogP contribution in [0.1, 0.15) is 110 Å². The summed E-state index contributed by atoms with van der Waals surface area (Å²) in [5.41, 5.74) is 0. The average molecular weight is 379 g/mol. The molecule has 4 heteroatoms. The normalized spacial score (nSPS) is 27.1. The van der Waals surface area contributed by atoms with Crippen molar-refractivity contribution in [2.45, 2.75) is 128 Å². The number of hydrogen-bond acceptors (Lipinski definition) is 2. The molecule has 0 spiro atoms. The zero-order valence-corrected chi connectivity index (χ0v) is 17.7. The van der Waals surface area contributed by atoms with E-state index in [0.29, 0.717) is 18.2 Å². The van der Waals surface area contributed by atoms with Gasteiger partial charge in [-0.1, -0.05) is 57.8 Å². The standard InChI is InChI=1S/C23H42N2O2/c1-3-19(2)27-22-17-15-21(16-18-22)25-23(26)24-20-13-11-9-7-5-4-6-8-10-12-14-20/h3,20-22H,4-18H2,1-2H3,(H2,24,25,26)/b19-3+. The summed E-state index contributed by atoms with van der Waals surface area (Å²) in [6, 6.07) is 0.685. The predicted octanol–water partition coefficient (Wildman–Crippen LogP) is 6.21. The van der Waals surface area contributed by atoms with E-state index in [1.807, 2.05) is 19.9 Å². The second-order valence-corrected chi connectivity index (χ2v) is 8.56. The molecule has 2 fully saturated rings. The molecule has 27 heavy (non-hydrogen) atoms. The summed E-state index contributed by atoms with van der Waals surface area (Å²) in [6.07, 6.45) is 20.7. The molecule has 2 amide bonds. The van der Waals surface area contributed by atoms with Crippen LogP contribution >= 0.6 is 0 Å². The van der Waals surface area contributed by atoms with Crippen molar-refractivity contribution >= 4 is 6.03 Å². The third kappa shape index (κ3) is 9.53. The highest BCUT2D eigenvalue weighted by atomic mass is 16.5. The van der Waals surface area contributed by atoms with Crippen molar-refractivity contribution in [2.24, 2.45) is 0 Å². The number of carbonyl (C=O) groups is 1. The summed E-state index contributed by atoms with van der Waals surface area (Å²) in [6.45, 7) is 4.02. The summed E-state index contributed by atoms with van der Waals surface area (Å²) in [7, 11) is 0. The van der Waals surface area contributed by atoms with Gasteiger partial charge in [0, 0.05) is 12.1 Å². The van der Waals surface area contributed by atoms with E-state index in [1.165, 1.54) is 57.8 Å². The number of urea groups is 1. The van der Waals surface area contributed by atoms with E-state index in [4.69, 9.17) is 4.74 Å². The van der Waals surface area contributed by atoms with Crippen LogP contribution in [0.25, 0.3) is 0 Å². The van der Waals surface area contributed by atoms with Gasteiger partial charge in [-0.15, -0.1) is 0 Å². The summed E-state index contributed by atoms with van der Waals surface area (Å²) < 4.78 is 5.91. The highest BCUT2D eigenvalue weighted by Crippen LogP contribution is 2.23. The van der Waals surface area contributed by atoms with E-state index in [1.54, 1.807) is 0 Å². The Morgan fingerprint density at radius 1 is 0.741 bits per heavy atom. The molecule has 0 aromatic rings. The lowest BCUT2D eigenvalue weighted by Gasteiger charge is -2.30. The topological polar surface area (TPSA) is 50.4 Å². The highest BCUT2D eigenvalue weighted by Gasteiger charge is 2.24. The second-order valence-electron chi connectivity index (χ2n) is 8.56. The average Bonchev–Trinajstić information content (AvgIpc) is 2.65. The molecular weight excluding hydrogens is 336 g/mol. The molecule has 0 aliphatic heterocycles. The van der Waals surface area contributed by atoms with Crippen molar-refractivity contribution in [2.75, 3.05) is 0 Å². The van der Waals surface area contributed by atoms with Gasteiger partial charge in [0.15, 0.2) is 0 Å². The van der Waals surface area contributed by atoms with Crippen LogP contribution in [0.5, 0.6) is 0 Å². The Hall–Kier alpha value is -1.19. The maximum atomic E-state index is 12.5. The molecule has 0 aromatic carbocycles. The minimum Gasteiger partial charge on any atom is -0.495 e. The molecule has 2 N–H and O–H groups in total. The van der Waals surface area contributed by atoms with Gasteiger partial charge < -0.3 is 15.4 Å². The fourth-order valence-electron chi connectivity index (χ4n) is 4.38. The van der Waals surface area contributed by atoms with Gasteiger partial charge >= 0.3 is 6.03 Å². The number of nitrogens with one attached hydrogen (secondary N) is 2. The van der Waals surface area contributed by atoms with Gasteiger partial charge in [-0.2, -0.15) is 0 Å². The summed E-state index contributed by atoms with van der Waals surface area (Å²) >= 11 is 0. The van der Waals surface area contributed by atoms with Gasteiger partial charge in [-0.3, -0.25) is 0 Å². The van der Waals surface area contributed by atoms with Gasteiger partial charge in [0.1, 0.15) is 0 Å². The van der Waals surface area contributed by atoms with Gasteiger partial charge in [0.05, 0.1) is 11.9 Å². The Bertz CT molecular complexity index is 430. The van der Waals surface area contributed by atoms with Crippen LogP contribution in [0.3, 0.4) is 0 Å². The molecule has 0 heterocycles. The number of hydrogen-bond donors (Lipinski definition) is 2. The molecule has 2 aliphatic carbocycles. The van der Waals surface area contributed by atoms with E-state index in [9.17, 15) is 4.79 Å². The summed E-state index contributed by atoms with van der Waals surface area (Å²) in [5.74, 6) is 1.01. The van der Waals surface area contributed by atoms with Crippen LogP contribution in [0.4, 0.5) is 4.79 Å². The lowest BCUT2D eigenvalue weighted by atomic mass is 9.93. The first-order chi connectivity index (χ1) is 13.2. The minimum atomic E-state index is 0.0427. The number of allylic oxidation sites excluding steroid dienone is 2. The number of ether oxygens (including phenoxy) is 1. The summed E-state index contributed by atoms with van der Waals surface area (Å²) in [4.78, 5) is 12.5. The molecule has 2 saturated carbocycles. The smallest absolute Gasteiger partial charge is 0.315 e. The Balaban J connectivity index is 1.68. The maximum Gasteiger partial charge on any atom is 0.315 e. The van der Waals surface area contributed by atoms with E-state index >= 15 is 0 Å². The van der Waals surface area contributed by atoms with Crippen molar-refractivity contribution < 1.29 is 9.53 Å². The third-order valence-corrected chi connectivity index (χ3v) is 6.21. The molecule has 4 nitrogen and oxygen atoms in total. The quantitative estimate of drug-likeness (QED) is 0.571. The molecule has 0 atom stereocenters. The zero-order valence-electron chi connectivity index (χ0n) is 17.7.